The van der Waals surface area contributed by atoms with Gasteiger partial charge in [0.05, 0.1) is 11.4 Å². The molecule has 0 aliphatic heterocycles. The fraction of sp³-hybridized carbons (Fsp3) is 0. The number of hydrogen-bond donors (Lipinski definition) is 2. The second kappa shape index (κ2) is 5.24. The van der Waals surface area contributed by atoms with Gasteiger partial charge in [-0.05, 0) is 12.1 Å². The quantitative estimate of drug-likeness (QED) is 0.519. The van der Waals surface area contributed by atoms with E-state index in [9.17, 15) is 26.0 Å². The van der Waals surface area contributed by atoms with Crippen LogP contribution in [-0.2, 0) is 10.0 Å². The molecule has 0 amide bonds. The second-order valence-electron chi connectivity index (χ2n) is 4.01. The number of rotatable bonds is 3. The van der Waals surface area contributed by atoms with Crippen molar-refractivity contribution in [1.29, 1.82) is 0 Å². The van der Waals surface area contributed by atoms with Gasteiger partial charge < -0.3 is 5.73 Å². The molecule has 2 rings (SSSR count). The van der Waals surface area contributed by atoms with Gasteiger partial charge in [0.15, 0.2) is 17.5 Å². The number of sulfonamides is 1. The topological polar surface area (TPSA) is 72.2 Å². The highest BCUT2D eigenvalue weighted by Crippen LogP contribution is 2.25. The normalized spacial score (nSPS) is 11.4. The Balaban J connectivity index is 2.45. The first kappa shape index (κ1) is 15.1. The molecule has 112 valence electrons. The van der Waals surface area contributed by atoms with Crippen molar-refractivity contribution in [2.24, 2.45) is 0 Å². The van der Waals surface area contributed by atoms with Gasteiger partial charge in [0.2, 0.25) is 0 Å². The molecule has 0 atom stereocenters. The van der Waals surface area contributed by atoms with Gasteiger partial charge in [-0.25, -0.2) is 26.0 Å². The van der Waals surface area contributed by atoms with Crippen LogP contribution in [0.2, 0.25) is 0 Å². The zero-order chi connectivity index (χ0) is 15.8. The van der Waals surface area contributed by atoms with Crippen LogP contribution >= 0.6 is 0 Å². The molecule has 0 bridgehead atoms. The third-order valence-electron chi connectivity index (χ3n) is 2.54. The van der Waals surface area contributed by atoms with Crippen LogP contribution in [0.4, 0.5) is 28.9 Å². The maximum atomic E-state index is 13.2. The Hall–Kier alpha value is -2.29. The lowest BCUT2D eigenvalue weighted by atomic mass is 10.3. The molecule has 0 spiro atoms. The first-order chi connectivity index (χ1) is 9.72. The van der Waals surface area contributed by atoms with Crippen LogP contribution in [0.25, 0.3) is 0 Å². The first-order valence-electron chi connectivity index (χ1n) is 5.43. The number of nitrogens with two attached hydrogens (primary N) is 1. The molecule has 0 heterocycles. The Labute approximate surface area is 117 Å². The van der Waals surface area contributed by atoms with Crippen molar-refractivity contribution in [3.8, 4) is 0 Å². The van der Waals surface area contributed by atoms with E-state index in [2.05, 4.69) is 0 Å². The molecule has 4 nitrogen and oxygen atoms in total. The summed E-state index contributed by atoms with van der Waals surface area (Å²) in [7, 11) is -4.38. The number of para-hydroxylation sites is 1. The first-order valence-corrected chi connectivity index (χ1v) is 6.92. The molecule has 0 saturated carbocycles. The molecule has 0 radical (unpaired) electrons. The maximum absolute atomic E-state index is 13.2. The average Bonchev–Trinajstić information content (AvgIpc) is 2.38. The third-order valence-corrected chi connectivity index (χ3v) is 3.98. The Morgan fingerprint density at radius 2 is 1.52 bits per heavy atom. The monoisotopic (exact) mass is 320 g/mol. The zero-order valence-corrected chi connectivity index (χ0v) is 11.0. The standard InChI is InChI=1S/C12H8F4N2O2S/c13-7-2-1-3-10(12(7)17)21(19,20)18-6-4-8(14)11(16)9(15)5-6/h1-5,18H,17H2. The highest BCUT2D eigenvalue weighted by Gasteiger charge is 2.21. The van der Waals surface area contributed by atoms with Crippen molar-refractivity contribution < 1.29 is 26.0 Å². The molecule has 9 heteroatoms. The molecule has 2 aromatic rings. The van der Waals surface area contributed by atoms with Crippen LogP contribution in [0.1, 0.15) is 0 Å². The molecular weight excluding hydrogens is 312 g/mol. The number of anilines is 2. The van der Waals surface area contributed by atoms with Crippen molar-refractivity contribution >= 4 is 21.4 Å². The fourth-order valence-electron chi connectivity index (χ4n) is 1.58. The Bertz CT molecular complexity index is 786. The van der Waals surface area contributed by atoms with E-state index in [4.69, 9.17) is 5.73 Å². The minimum absolute atomic E-state index is 0.450. The molecule has 0 aliphatic rings. The highest BCUT2D eigenvalue weighted by molar-refractivity contribution is 7.92. The van der Waals surface area contributed by atoms with Crippen LogP contribution in [-0.4, -0.2) is 8.42 Å². The van der Waals surface area contributed by atoms with E-state index in [0.29, 0.717) is 12.1 Å². The number of benzene rings is 2. The van der Waals surface area contributed by atoms with Gasteiger partial charge >= 0.3 is 0 Å². The Morgan fingerprint density at radius 1 is 0.952 bits per heavy atom. The average molecular weight is 320 g/mol. The SMILES string of the molecule is Nc1c(F)cccc1S(=O)(=O)Nc1cc(F)c(F)c(F)c1. The molecule has 3 N–H and O–H groups in total. The number of nitrogens with one attached hydrogen (secondary N) is 1. The van der Waals surface area contributed by atoms with Crippen molar-refractivity contribution in [1.82, 2.24) is 0 Å². The number of halogens is 4. The summed E-state index contributed by atoms with van der Waals surface area (Å²) in [6.07, 6.45) is 0. The van der Waals surface area contributed by atoms with Gasteiger partial charge in [0, 0.05) is 12.1 Å². The van der Waals surface area contributed by atoms with E-state index < -0.39 is 49.6 Å². The lowest BCUT2D eigenvalue weighted by Crippen LogP contribution is -2.16. The maximum Gasteiger partial charge on any atom is 0.264 e. The van der Waals surface area contributed by atoms with Gasteiger partial charge in [-0.15, -0.1) is 0 Å². The summed E-state index contributed by atoms with van der Waals surface area (Å²) in [5, 5.41) is 0. The van der Waals surface area contributed by atoms with Crippen molar-refractivity contribution in [2.75, 3.05) is 10.5 Å². The van der Waals surface area contributed by atoms with E-state index in [-0.39, 0.29) is 0 Å². The largest absolute Gasteiger partial charge is 0.395 e. The lowest BCUT2D eigenvalue weighted by molar-refractivity contribution is 0.448. The molecule has 21 heavy (non-hydrogen) atoms. The summed E-state index contributed by atoms with van der Waals surface area (Å²) in [4.78, 5) is -0.604. The molecule has 0 fully saturated rings. The van der Waals surface area contributed by atoms with Crippen LogP contribution in [0, 0.1) is 23.3 Å². The van der Waals surface area contributed by atoms with Gasteiger partial charge in [0.25, 0.3) is 10.0 Å². The lowest BCUT2D eigenvalue weighted by Gasteiger charge is -2.11. The van der Waals surface area contributed by atoms with Gasteiger partial charge in [-0.3, -0.25) is 4.72 Å². The Morgan fingerprint density at radius 3 is 2.10 bits per heavy atom. The zero-order valence-electron chi connectivity index (χ0n) is 10.2. The van der Waals surface area contributed by atoms with Crippen molar-refractivity contribution in [3.63, 3.8) is 0 Å². The summed E-state index contributed by atoms with van der Waals surface area (Å²) in [5.41, 5.74) is 4.10. The summed E-state index contributed by atoms with van der Waals surface area (Å²) < 4.78 is 77.8. The van der Waals surface area contributed by atoms with Crippen molar-refractivity contribution in [3.05, 3.63) is 53.6 Å². The molecule has 0 saturated heterocycles. The predicted octanol–water partition coefficient (Wildman–Crippen LogP) is 2.63. The Kier molecular flexibility index (Phi) is 3.77. The molecular formula is C12H8F4N2O2S. The minimum Gasteiger partial charge on any atom is -0.395 e. The second-order valence-corrected chi connectivity index (χ2v) is 5.66. The summed E-state index contributed by atoms with van der Waals surface area (Å²) >= 11 is 0. The van der Waals surface area contributed by atoms with E-state index in [1.165, 1.54) is 0 Å². The number of hydrogen-bond acceptors (Lipinski definition) is 3. The predicted molar refractivity (Wildman–Crippen MR) is 67.9 cm³/mol. The summed E-state index contributed by atoms with van der Waals surface area (Å²) in [6, 6.07) is 3.96. The molecule has 2 aromatic carbocycles. The molecule has 0 aliphatic carbocycles. The smallest absolute Gasteiger partial charge is 0.264 e. The van der Waals surface area contributed by atoms with Crippen LogP contribution in [0.15, 0.2) is 35.2 Å². The van der Waals surface area contributed by atoms with Crippen LogP contribution in [0.5, 0.6) is 0 Å². The van der Waals surface area contributed by atoms with E-state index in [1.807, 2.05) is 0 Å². The van der Waals surface area contributed by atoms with Crippen LogP contribution in [0.3, 0.4) is 0 Å². The fourth-order valence-corrected chi connectivity index (χ4v) is 2.76. The highest BCUT2D eigenvalue weighted by atomic mass is 32.2. The minimum atomic E-state index is -4.38. The number of nitrogen functional groups attached to an aromatic ring is 1. The van der Waals surface area contributed by atoms with Gasteiger partial charge in [-0.2, -0.15) is 0 Å². The summed E-state index contributed by atoms with van der Waals surface area (Å²) in [5.74, 6) is -5.84. The molecule has 0 unspecified atom stereocenters. The third kappa shape index (κ3) is 2.92. The summed E-state index contributed by atoms with van der Waals surface area (Å²) in [6.45, 7) is 0. The van der Waals surface area contributed by atoms with E-state index in [1.54, 1.807) is 4.72 Å². The van der Waals surface area contributed by atoms with E-state index in [0.717, 1.165) is 18.2 Å². The van der Waals surface area contributed by atoms with Gasteiger partial charge in [-0.1, -0.05) is 6.07 Å². The van der Waals surface area contributed by atoms with E-state index >= 15 is 0 Å². The molecule has 0 aromatic heterocycles. The van der Waals surface area contributed by atoms with Crippen LogP contribution < -0.4 is 10.5 Å². The van der Waals surface area contributed by atoms with Gasteiger partial charge in [0.1, 0.15) is 10.7 Å². The van der Waals surface area contributed by atoms with Crippen molar-refractivity contribution in [2.45, 2.75) is 4.90 Å².